The standard InChI is InChI=1S/C14H23NO/c1-11(2)14(16,10-13(3,4)5)12-8-6-7-9-15-12/h6-9,11,16H,10H2,1-5H3/t14-/m1/s1. The minimum Gasteiger partial charge on any atom is -0.383 e. The number of hydrogen-bond acceptors (Lipinski definition) is 2. The fourth-order valence-electron chi connectivity index (χ4n) is 2.02. The van der Waals surface area contributed by atoms with Crippen molar-refractivity contribution in [2.45, 2.75) is 46.6 Å². The maximum atomic E-state index is 10.8. The molecule has 2 heteroatoms. The van der Waals surface area contributed by atoms with E-state index in [1.54, 1.807) is 6.20 Å². The van der Waals surface area contributed by atoms with Crippen LogP contribution in [0.25, 0.3) is 0 Å². The zero-order chi connectivity index (χ0) is 12.4. The first-order valence-electron chi connectivity index (χ1n) is 5.89. The Balaban J connectivity index is 3.08. The third-order valence-electron chi connectivity index (χ3n) is 2.86. The van der Waals surface area contributed by atoms with E-state index in [0.717, 1.165) is 5.69 Å². The zero-order valence-corrected chi connectivity index (χ0v) is 11.0. The Kier molecular flexibility index (Phi) is 3.74. The van der Waals surface area contributed by atoms with Crippen molar-refractivity contribution in [3.05, 3.63) is 30.1 Å². The summed E-state index contributed by atoms with van der Waals surface area (Å²) in [5.41, 5.74) is 0.0238. The highest BCUT2D eigenvalue weighted by Gasteiger charge is 2.38. The number of aliphatic hydroxyl groups is 1. The van der Waals surface area contributed by atoms with Gasteiger partial charge in [0.1, 0.15) is 5.60 Å². The molecule has 0 fully saturated rings. The van der Waals surface area contributed by atoms with Crippen molar-refractivity contribution >= 4 is 0 Å². The van der Waals surface area contributed by atoms with Crippen molar-refractivity contribution in [3.8, 4) is 0 Å². The lowest BCUT2D eigenvalue weighted by molar-refractivity contribution is -0.0478. The Morgan fingerprint density at radius 2 is 1.88 bits per heavy atom. The number of hydrogen-bond donors (Lipinski definition) is 1. The summed E-state index contributed by atoms with van der Waals surface area (Å²) in [5, 5.41) is 10.8. The molecule has 2 nitrogen and oxygen atoms in total. The average molecular weight is 221 g/mol. The lowest BCUT2D eigenvalue weighted by Crippen LogP contribution is -2.37. The van der Waals surface area contributed by atoms with Crippen LogP contribution in [0.3, 0.4) is 0 Å². The third kappa shape index (κ3) is 3.05. The number of aromatic nitrogens is 1. The van der Waals surface area contributed by atoms with Gasteiger partial charge in [0.25, 0.3) is 0 Å². The van der Waals surface area contributed by atoms with Crippen molar-refractivity contribution in [2.75, 3.05) is 0 Å². The van der Waals surface area contributed by atoms with E-state index in [1.165, 1.54) is 0 Å². The van der Waals surface area contributed by atoms with E-state index in [9.17, 15) is 5.11 Å². The van der Waals surface area contributed by atoms with Crippen molar-refractivity contribution in [1.29, 1.82) is 0 Å². The Morgan fingerprint density at radius 1 is 1.25 bits per heavy atom. The minimum atomic E-state index is -0.834. The second-order valence-corrected chi connectivity index (χ2v) is 6.03. The van der Waals surface area contributed by atoms with E-state index in [4.69, 9.17) is 0 Å². The van der Waals surface area contributed by atoms with Gasteiger partial charge in [0.2, 0.25) is 0 Å². The van der Waals surface area contributed by atoms with Crippen LogP contribution in [-0.4, -0.2) is 10.1 Å². The Hall–Kier alpha value is -0.890. The van der Waals surface area contributed by atoms with Crippen molar-refractivity contribution in [1.82, 2.24) is 4.98 Å². The summed E-state index contributed by atoms with van der Waals surface area (Å²) in [6.45, 7) is 10.5. The molecule has 1 aromatic rings. The van der Waals surface area contributed by atoms with Crippen LogP contribution in [0, 0.1) is 11.3 Å². The molecule has 0 aliphatic rings. The van der Waals surface area contributed by atoms with Gasteiger partial charge in [-0.3, -0.25) is 4.98 Å². The highest BCUT2D eigenvalue weighted by molar-refractivity contribution is 5.14. The van der Waals surface area contributed by atoms with Crippen molar-refractivity contribution in [2.24, 2.45) is 11.3 Å². The molecule has 16 heavy (non-hydrogen) atoms. The molecule has 0 spiro atoms. The molecule has 0 amide bonds. The molecular weight excluding hydrogens is 198 g/mol. The quantitative estimate of drug-likeness (QED) is 0.849. The SMILES string of the molecule is CC(C)[C@](O)(CC(C)(C)C)c1ccccn1. The van der Waals surface area contributed by atoms with Gasteiger partial charge >= 0.3 is 0 Å². The summed E-state index contributed by atoms with van der Waals surface area (Å²) in [6, 6.07) is 5.71. The largest absolute Gasteiger partial charge is 0.383 e. The molecule has 1 rings (SSSR count). The van der Waals surface area contributed by atoms with E-state index in [2.05, 4.69) is 25.8 Å². The lowest BCUT2D eigenvalue weighted by Gasteiger charge is -2.37. The summed E-state index contributed by atoms with van der Waals surface area (Å²) in [4.78, 5) is 4.31. The average Bonchev–Trinajstić information content (AvgIpc) is 2.16. The summed E-state index contributed by atoms with van der Waals surface area (Å²) < 4.78 is 0. The molecule has 1 atom stereocenters. The van der Waals surface area contributed by atoms with Gasteiger partial charge in [-0.1, -0.05) is 40.7 Å². The van der Waals surface area contributed by atoms with Gasteiger partial charge in [0.05, 0.1) is 5.69 Å². The molecule has 0 bridgehead atoms. The summed E-state index contributed by atoms with van der Waals surface area (Å²) >= 11 is 0. The van der Waals surface area contributed by atoms with Gasteiger partial charge in [-0.15, -0.1) is 0 Å². The second kappa shape index (κ2) is 4.54. The van der Waals surface area contributed by atoms with Crippen LogP contribution in [-0.2, 0) is 5.60 Å². The van der Waals surface area contributed by atoms with Crippen LogP contribution >= 0.6 is 0 Å². The van der Waals surface area contributed by atoms with E-state index < -0.39 is 5.60 Å². The summed E-state index contributed by atoms with van der Waals surface area (Å²) in [6.07, 6.45) is 2.46. The van der Waals surface area contributed by atoms with E-state index in [1.807, 2.05) is 32.0 Å². The van der Waals surface area contributed by atoms with Crippen LogP contribution in [0.15, 0.2) is 24.4 Å². The van der Waals surface area contributed by atoms with Crippen LogP contribution in [0.1, 0.15) is 46.7 Å². The topological polar surface area (TPSA) is 33.1 Å². The molecule has 0 radical (unpaired) electrons. The molecule has 90 valence electrons. The molecule has 0 unspecified atom stereocenters. The predicted molar refractivity (Wildman–Crippen MR) is 67.0 cm³/mol. The molecule has 0 aliphatic heterocycles. The van der Waals surface area contributed by atoms with Crippen LogP contribution < -0.4 is 0 Å². The maximum Gasteiger partial charge on any atom is 0.109 e. The van der Waals surface area contributed by atoms with E-state index in [0.29, 0.717) is 6.42 Å². The van der Waals surface area contributed by atoms with Gasteiger partial charge in [-0.25, -0.2) is 0 Å². The van der Waals surface area contributed by atoms with Crippen molar-refractivity contribution in [3.63, 3.8) is 0 Å². The maximum absolute atomic E-state index is 10.8. The van der Waals surface area contributed by atoms with Gasteiger partial charge in [-0.05, 0) is 29.9 Å². The Bertz CT molecular complexity index is 326. The molecule has 0 aromatic carbocycles. The third-order valence-corrected chi connectivity index (χ3v) is 2.86. The summed E-state index contributed by atoms with van der Waals surface area (Å²) in [7, 11) is 0. The monoisotopic (exact) mass is 221 g/mol. The smallest absolute Gasteiger partial charge is 0.109 e. The highest BCUT2D eigenvalue weighted by atomic mass is 16.3. The summed E-state index contributed by atoms with van der Waals surface area (Å²) in [5.74, 6) is 0.154. The molecule has 1 aromatic heterocycles. The van der Waals surface area contributed by atoms with Crippen LogP contribution in [0.2, 0.25) is 0 Å². The lowest BCUT2D eigenvalue weighted by atomic mass is 9.74. The number of nitrogens with zero attached hydrogens (tertiary/aromatic N) is 1. The normalized spacial score (nSPS) is 16.2. The zero-order valence-electron chi connectivity index (χ0n) is 11.0. The molecule has 1 N–H and O–H groups in total. The number of rotatable bonds is 3. The number of pyridine rings is 1. The molecule has 0 saturated carbocycles. The van der Waals surface area contributed by atoms with E-state index in [-0.39, 0.29) is 11.3 Å². The van der Waals surface area contributed by atoms with Gasteiger partial charge < -0.3 is 5.11 Å². The first kappa shape index (κ1) is 13.2. The molecule has 0 saturated heterocycles. The fourth-order valence-corrected chi connectivity index (χ4v) is 2.02. The van der Waals surface area contributed by atoms with Gasteiger partial charge in [0, 0.05) is 6.20 Å². The van der Waals surface area contributed by atoms with Crippen molar-refractivity contribution < 1.29 is 5.11 Å². The molecule has 1 heterocycles. The highest BCUT2D eigenvalue weighted by Crippen LogP contribution is 2.39. The Labute approximate surface area is 98.7 Å². The minimum absolute atomic E-state index is 0.0799. The van der Waals surface area contributed by atoms with E-state index >= 15 is 0 Å². The molecular formula is C14H23NO. The first-order chi connectivity index (χ1) is 7.26. The Morgan fingerprint density at radius 3 is 2.25 bits per heavy atom. The predicted octanol–water partition coefficient (Wildman–Crippen LogP) is 3.36. The first-order valence-corrected chi connectivity index (χ1v) is 5.89. The van der Waals surface area contributed by atoms with Crippen LogP contribution in [0.4, 0.5) is 0 Å². The molecule has 0 aliphatic carbocycles. The fraction of sp³-hybridized carbons (Fsp3) is 0.643. The second-order valence-electron chi connectivity index (χ2n) is 6.03. The van der Waals surface area contributed by atoms with Crippen LogP contribution in [0.5, 0.6) is 0 Å². The van der Waals surface area contributed by atoms with Gasteiger partial charge in [-0.2, -0.15) is 0 Å². The van der Waals surface area contributed by atoms with Gasteiger partial charge in [0.15, 0.2) is 0 Å².